The molecule has 0 saturated heterocycles. The van der Waals surface area contributed by atoms with Gasteiger partial charge in [-0.15, -0.1) is 0 Å². The molecule has 0 aliphatic rings. The number of hydrogen-bond acceptors (Lipinski definition) is 5. The van der Waals surface area contributed by atoms with Crippen LogP contribution in [-0.2, 0) is 14.3 Å². The molecule has 3 N–H and O–H groups in total. The highest BCUT2D eigenvalue weighted by Gasteiger charge is 2.20. The minimum atomic E-state index is -0.661. The number of aliphatic hydroxyl groups excluding tert-OH is 2. The average molecular weight is 1110 g/mol. The van der Waals surface area contributed by atoms with E-state index < -0.39 is 12.1 Å². The number of esters is 1. The van der Waals surface area contributed by atoms with Crippen LogP contribution in [0.1, 0.15) is 380 Å². The Balaban J connectivity index is 3.34. The molecule has 0 radical (unpaired) electrons. The van der Waals surface area contributed by atoms with Crippen LogP contribution in [0.3, 0.4) is 0 Å². The van der Waals surface area contributed by atoms with E-state index in [4.69, 9.17) is 4.74 Å². The van der Waals surface area contributed by atoms with Crippen LogP contribution < -0.4 is 5.32 Å². The predicted octanol–water partition coefficient (Wildman–Crippen LogP) is 22.9. The number of ether oxygens (including phenoxy) is 1. The molecule has 0 fully saturated rings. The summed E-state index contributed by atoms with van der Waals surface area (Å²) in [6.45, 7) is 4.92. The lowest BCUT2D eigenvalue weighted by atomic mass is 10.0. The second-order valence-electron chi connectivity index (χ2n) is 24.2. The summed E-state index contributed by atoms with van der Waals surface area (Å²) in [6.07, 6.45) is 89.0. The van der Waals surface area contributed by atoms with Crippen molar-refractivity contribution in [3.05, 3.63) is 48.6 Å². The molecule has 0 aromatic carbocycles. The first-order valence-electron chi connectivity index (χ1n) is 35.4. The summed E-state index contributed by atoms with van der Waals surface area (Å²) in [4.78, 5) is 24.5. The number of allylic oxidation sites excluding steroid dienone is 8. The normalized spacial score (nSPS) is 12.8. The fourth-order valence-corrected chi connectivity index (χ4v) is 10.9. The first kappa shape index (κ1) is 76.8. The first-order chi connectivity index (χ1) is 39.0. The molecule has 0 aliphatic heterocycles. The lowest BCUT2D eigenvalue weighted by molar-refractivity contribution is -0.143. The van der Waals surface area contributed by atoms with Crippen LogP contribution >= 0.6 is 0 Å². The minimum Gasteiger partial charge on any atom is -0.466 e. The number of carbonyl (C=O) groups is 2. The Kier molecular flexibility index (Phi) is 66.4. The van der Waals surface area contributed by atoms with Crippen molar-refractivity contribution in [3.8, 4) is 0 Å². The summed E-state index contributed by atoms with van der Waals surface area (Å²) in [6, 6.07) is -0.538. The molecule has 79 heavy (non-hydrogen) atoms. The molecule has 2 atom stereocenters. The van der Waals surface area contributed by atoms with Crippen molar-refractivity contribution in [1.82, 2.24) is 5.32 Å². The van der Waals surface area contributed by atoms with Crippen LogP contribution in [-0.4, -0.2) is 47.4 Å². The maximum atomic E-state index is 12.4. The van der Waals surface area contributed by atoms with Gasteiger partial charge in [-0.25, -0.2) is 0 Å². The number of aliphatic hydroxyl groups is 2. The van der Waals surface area contributed by atoms with Gasteiger partial charge in [0.1, 0.15) is 0 Å². The van der Waals surface area contributed by atoms with Gasteiger partial charge in [-0.3, -0.25) is 9.59 Å². The van der Waals surface area contributed by atoms with Crippen LogP contribution in [0.5, 0.6) is 0 Å². The number of amides is 1. The zero-order chi connectivity index (χ0) is 57.1. The van der Waals surface area contributed by atoms with Crippen molar-refractivity contribution >= 4 is 11.9 Å². The summed E-state index contributed by atoms with van der Waals surface area (Å²) in [7, 11) is 0. The lowest BCUT2D eigenvalue weighted by Crippen LogP contribution is -2.45. The molecular weight excluding hydrogens is 971 g/mol. The topological polar surface area (TPSA) is 95.9 Å². The predicted molar refractivity (Wildman–Crippen MR) is 347 cm³/mol. The van der Waals surface area contributed by atoms with Gasteiger partial charge in [0, 0.05) is 12.8 Å². The van der Waals surface area contributed by atoms with Crippen molar-refractivity contribution in [1.29, 1.82) is 0 Å². The van der Waals surface area contributed by atoms with E-state index >= 15 is 0 Å². The van der Waals surface area contributed by atoms with Crippen LogP contribution in [0.2, 0.25) is 0 Å². The minimum absolute atomic E-state index is 0.00465. The van der Waals surface area contributed by atoms with E-state index in [0.29, 0.717) is 25.9 Å². The van der Waals surface area contributed by atoms with Gasteiger partial charge in [-0.1, -0.05) is 326 Å². The quantitative estimate of drug-likeness (QED) is 0.0320. The Morgan fingerprint density at radius 2 is 0.633 bits per heavy atom. The molecule has 0 saturated carbocycles. The molecule has 0 spiro atoms. The van der Waals surface area contributed by atoms with Gasteiger partial charge in [0.2, 0.25) is 5.91 Å². The van der Waals surface area contributed by atoms with Crippen molar-refractivity contribution in [3.63, 3.8) is 0 Å². The Morgan fingerprint density at radius 1 is 0.354 bits per heavy atom. The van der Waals surface area contributed by atoms with E-state index in [1.54, 1.807) is 0 Å². The van der Waals surface area contributed by atoms with Crippen LogP contribution in [0.25, 0.3) is 0 Å². The van der Waals surface area contributed by atoms with E-state index in [1.807, 2.05) is 0 Å². The van der Waals surface area contributed by atoms with E-state index in [2.05, 4.69) is 67.8 Å². The summed E-state index contributed by atoms with van der Waals surface area (Å²) in [5, 5.41) is 23.2. The Bertz CT molecular complexity index is 1320. The molecule has 0 aromatic heterocycles. The van der Waals surface area contributed by atoms with Gasteiger partial charge in [0.15, 0.2) is 0 Å². The van der Waals surface area contributed by atoms with Gasteiger partial charge < -0.3 is 20.3 Å². The van der Waals surface area contributed by atoms with Crippen molar-refractivity contribution in [2.24, 2.45) is 0 Å². The number of unbranched alkanes of at least 4 members (excludes halogenated alkanes) is 47. The highest BCUT2D eigenvalue weighted by molar-refractivity contribution is 5.76. The summed E-state index contributed by atoms with van der Waals surface area (Å²) >= 11 is 0. The zero-order valence-corrected chi connectivity index (χ0v) is 53.1. The average Bonchev–Trinajstić information content (AvgIpc) is 3.45. The molecule has 0 aliphatic carbocycles. The van der Waals surface area contributed by atoms with Crippen molar-refractivity contribution < 1.29 is 24.5 Å². The second kappa shape index (κ2) is 68.3. The van der Waals surface area contributed by atoms with Gasteiger partial charge in [-0.05, 0) is 89.9 Å². The van der Waals surface area contributed by atoms with Gasteiger partial charge >= 0.3 is 5.97 Å². The summed E-state index contributed by atoms with van der Waals surface area (Å²) < 4.78 is 5.49. The number of rotatable bonds is 66. The van der Waals surface area contributed by atoms with Crippen molar-refractivity contribution in [2.45, 2.75) is 392 Å². The Labute approximate surface area is 493 Å². The fraction of sp³-hybridized carbons (Fsp3) is 0.863. The molecule has 1 amide bonds. The number of hydrogen-bond donors (Lipinski definition) is 3. The van der Waals surface area contributed by atoms with Gasteiger partial charge in [0.25, 0.3) is 0 Å². The molecule has 0 rings (SSSR count). The van der Waals surface area contributed by atoms with Crippen LogP contribution in [0, 0.1) is 0 Å². The molecular formula is C73H137NO5. The van der Waals surface area contributed by atoms with E-state index in [0.717, 1.165) is 57.8 Å². The van der Waals surface area contributed by atoms with Crippen molar-refractivity contribution in [2.75, 3.05) is 13.2 Å². The standard InChI is InChI=1S/C73H137NO5/c1-3-5-7-9-11-13-15-16-40-44-47-51-55-59-63-67-73(78)79-68-64-60-56-52-48-45-42-39-37-35-33-31-29-27-25-23-21-19-17-18-20-22-24-26-28-30-32-34-36-38-41-43-46-50-54-58-62-66-72(77)74-70(69-75)71(76)65-61-57-53-49-14-12-10-8-6-4-2/h11,13,16-17,19,23,25,40,70-71,75-76H,3-10,12,14-15,18,20-22,24,26-39,41-69H2,1-2H3,(H,74,77)/b13-11-,19-17-,25-23-,40-16-. The number of carbonyl (C=O) groups excluding carboxylic acids is 2. The van der Waals surface area contributed by atoms with Gasteiger partial charge in [0.05, 0.1) is 25.4 Å². The fourth-order valence-electron chi connectivity index (χ4n) is 10.9. The maximum absolute atomic E-state index is 12.4. The molecule has 464 valence electrons. The zero-order valence-electron chi connectivity index (χ0n) is 53.1. The maximum Gasteiger partial charge on any atom is 0.305 e. The molecule has 6 nitrogen and oxygen atoms in total. The largest absolute Gasteiger partial charge is 0.466 e. The SMILES string of the molecule is CCCCC/C=C\C/C=C\CCCCCCCC(=O)OCCCCCCCCCCCCCCC/C=C\C/C=C\CCCCCCCCCCCCCCCCCCCC(=O)NC(CO)C(O)CCCCCCCCCCCC. The molecule has 2 unspecified atom stereocenters. The third-order valence-corrected chi connectivity index (χ3v) is 16.4. The summed E-state index contributed by atoms with van der Waals surface area (Å²) in [5.74, 6) is -0.0281. The number of nitrogens with one attached hydrogen (secondary N) is 1. The molecule has 6 heteroatoms. The van der Waals surface area contributed by atoms with Crippen LogP contribution in [0.4, 0.5) is 0 Å². The Morgan fingerprint density at radius 3 is 0.987 bits per heavy atom. The van der Waals surface area contributed by atoms with E-state index in [9.17, 15) is 19.8 Å². The molecule has 0 aromatic rings. The third kappa shape index (κ3) is 64.8. The third-order valence-electron chi connectivity index (χ3n) is 16.4. The lowest BCUT2D eigenvalue weighted by Gasteiger charge is -2.22. The van der Waals surface area contributed by atoms with Gasteiger partial charge in [-0.2, -0.15) is 0 Å². The molecule has 0 bridgehead atoms. The summed E-state index contributed by atoms with van der Waals surface area (Å²) in [5.41, 5.74) is 0. The van der Waals surface area contributed by atoms with E-state index in [1.165, 1.54) is 289 Å². The second-order valence-corrected chi connectivity index (χ2v) is 24.2. The highest BCUT2D eigenvalue weighted by atomic mass is 16.5. The smallest absolute Gasteiger partial charge is 0.305 e. The first-order valence-corrected chi connectivity index (χ1v) is 35.4. The van der Waals surface area contributed by atoms with E-state index in [-0.39, 0.29) is 18.5 Å². The highest BCUT2D eigenvalue weighted by Crippen LogP contribution is 2.18. The monoisotopic (exact) mass is 1110 g/mol. The Hall–Kier alpha value is -2.18. The molecule has 0 heterocycles. The van der Waals surface area contributed by atoms with Crippen LogP contribution in [0.15, 0.2) is 48.6 Å².